The van der Waals surface area contributed by atoms with E-state index >= 15 is 0 Å². The molecule has 1 saturated carbocycles. The summed E-state index contributed by atoms with van der Waals surface area (Å²) < 4.78 is 0. The van der Waals surface area contributed by atoms with Crippen LogP contribution in [0.1, 0.15) is 62.5 Å². The van der Waals surface area contributed by atoms with Gasteiger partial charge in [0.05, 0.1) is 5.69 Å². The number of carbonyl (C=O) groups excluding carboxylic acids is 1. The number of hydrogen-bond donors (Lipinski definition) is 1. The number of nitrogens with one attached hydrogen (secondary N) is 1. The lowest BCUT2D eigenvalue weighted by atomic mass is 9.92. The molecule has 31 heavy (non-hydrogen) atoms. The highest BCUT2D eigenvalue weighted by atomic mass is 35.5. The van der Waals surface area contributed by atoms with Gasteiger partial charge in [-0.2, -0.15) is 0 Å². The summed E-state index contributed by atoms with van der Waals surface area (Å²) in [5.74, 6) is 0.727. The minimum absolute atomic E-state index is 0.0584. The summed E-state index contributed by atoms with van der Waals surface area (Å²) in [6, 6.07) is 13.7. The molecule has 0 bridgehead atoms. The third-order valence-electron chi connectivity index (χ3n) is 6.01. The summed E-state index contributed by atoms with van der Waals surface area (Å²) in [6.07, 6.45) is 5.75. The first-order valence-electron chi connectivity index (χ1n) is 10.8. The largest absolute Gasteiger partial charge is 0.347 e. The molecule has 1 aliphatic rings. The van der Waals surface area contributed by atoms with Crippen LogP contribution in [-0.2, 0) is 0 Å². The van der Waals surface area contributed by atoms with Gasteiger partial charge in [-0.15, -0.1) is 0 Å². The molecular weight excluding hydrogens is 406 g/mol. The second kappa shape index (κ2) is 8.43. The van der Waals surface area contributed by atoms with Crippen molar-refractivity contribution in [2.75, 3.05) is 0 Å². The van der Waals surface area contributed by atoms with Gasteiger partial charge in [-0.25, -0.2) is 9.97 Å². The Kier molecular flexibility index (Phi) is 5.85. The van der Waals surface area contributed by atoms with E-state index in [2.05, 4.69) is 49.0 Å². The standard InChI is InChI=1S/C26H28ClN3O/c1-16(2)24-23(14-28-15-29-24)19-11-18(17-5-9-22(27)10-6-17)12-20(13-19)25(31)30-26(3,4)21-7-8-21/h5-6,9-16,21H,7-8H2,1-4H3,(H,30,31). The Morgan fingerprint density at radius 3 is 2.39 bits per heavy atom. The molecule has 0 spiro atoms. The summed E-state index contributed by atoms with van der Waals surface area (Å²) in [7, 11) is 0. The van der Waals surface area contributed by atoms with Crippen LogP contribution in [0, 0.1) is 5.92 Å². The number of benzene rings is 2. The van der Waals surface area contributed by atoms with Crippen LogP contribution in [0.25, 0.3) is 22.3 Å². The number of aromatic nitrogens is 2. The topological polar surface area (TPSA) is 54.9 Å². The minimum Gasteiger partial charge on any atom is -0.347 e. The van der Waals surface area contributed by atoms with Gasteiger partial charge in [-0.3, -0.25) is 4.79 Å². The molecule has 0 radical (unpaired) electrons. The zero-order valence-corrected chi connectivity index (χ0v) is 19.2. The molecule has 4 rings (SSSR count). The Morgan fingerprint density at radius 2 is 1.74 bits per heavy atom. The molecule has 2 aromatic carbocycles. The van der Waals surface area contributed by atoms with Gasteiger partial charge >= 0.3 is 0 Å². The van der Waals surface area contributed by atoms with Crippen molar-refractivity contribution in [2.24, 2.45) is 5.92 Å². The van der Waals surface area contributed by atoms with Crippen LogP contribution in [-0.4, -0.2) is 21.4 Å². The fraction of sp³-hybridized carbons (Fsp3) is 0.346. The number of hydrogen-bond acceptors (Lipinski definition) is 3. The predicted molar refractivity (Wildman–Crippen MR) is 126 cm³/mol. The van der Waals surface area contributed by atoms with Crippen molar-refractivity contribution in [3.05, 3.63) is 71.3 Å². The Labute approximate surface area is 189 Å². The highest BCUT2D eigenvalue weighted by molar-refractivity contribution is 6.30. The van der Waals surface area contributed by atoms with Crippen LogP contribution < -0.4 is 5.32 Å². The molecular formula is C26H28ClN3O. The SMILES string of the molecule is CC(C)c1ncncc1-c1cc(C(=O)NC(C)(C)C2CC2)cc(-c2ccc(Cl)cc2)c1. The van der Waals surface area contributed by atoms with Gasteiger partial charge in [-0.1, -0.05) is 37.6 Å². The van der Waals surface area contributed by atoms with Crippen LogP contribution in [0.3, 0.4) is 0 Å². The molecule has 1 fully saturated rings. The van der Waals surface area contributed by atoms with Gasteiger partial charge in [0.1, 0.15) is 6.33 Å². The normalized spacial score (nSPS) is 14.0. The first-order valence-corrected chi connectivity index (χ1v) is 11.2. The molecule has 0 unspecified atom stereocenters. The zero-order valence-electron chi connectivity index (χ0n) is 18.4. The molecule has 3 aromatic rings. The minimum atomic E-state index is -0.216. The number of nitrogens with zero attached hydrogens (tertiary/aromatic N) is 2. The maximum Gasteiger partial charge on any atom is 0.251 e. The highest BCUT2D eigenvalue weighted by Gasteiger charge is 2.38. The van der Waals surface area contributed by atoms with Gasteiger partial charge in [-0.05, 0) is 85.5 Å². The highest BCUT2D eigenvalue weighted by Crippen LogP contribution is 2.39. The molecule has 0 atom stereocenters. The summed E-state index contributed by atoms with van der Waals surface area (Å²) >= 11 is 6.09. The van der Waals surface area contributed by atoms with Crippen LogP contribution in [0.4, 0.5) is 0 Å². The first kappa shape index (κ1) is 21.5. The van der Waals surface area contributed by atoms with E-state index in [-0.39, 0.29) is 17.4 Å². The summed E-state index contributed by atoms with van der Waals surface area (Å²) in [5, 5.41) is 3.93. The predicted octanol–water partition coefficient (Wildman–Crippen LogP) is 6.51. The van der Waals surface area contributed by atoms with E-state index < -0.39 is 0 Å². The van der Waals surface area contributed by atoms with Gasteiger partial charge in [0.25, 0.3) is 5.91 Å². The van der Waals surface area contributed by atoms with E-state index in [1.54, 1.807) is 6.33 Å². The summed E-state index contributed by atoms with van der Waals surface area (Å²) in [4.78, 5) is 22.0. The van der Waals surface area contributed by atoms with Crippen LogP contribution in [0.5, 0.6) is 0 Å². The Bertz CT molecular complexity index is 1100. The molecule has 1 aromatic heterocycles. The fourth-order valence-electron chi connectivity index (χ4n) is 4.02. The van der Waals surface area contributed by atoms with E-state index in [0.717, 1.165) is 27.9 Å². The van der Waals surface area contributed by atoms with Gasteiger partial charge in [0, 0.05) is 27.9 Å². The van der Waals surface area contributed by atoms with Crippen molar-refractivity contribution in [1.29, 1.82) is 0 Å². The fourth-order valence-corrected chi connectivity index (χ4v) is 4.14. The lowest BCUT2D eigenvalue weighted by molar-refractivity contribution is 0.0903. The number of carbonyl (C=O) groups is 1. The second-order valence-corrected chi connectivity index (χ2v) is 9.67. The lowest BCUT2D eigenvalue weighted by Crippen LogP contribution is -2.45. The maximum absolute atomic E-state index is 13.3. The van der Waals surface area contributed by atoms with Crippen LogP contribution in [0.2, 0.25) is 5.02 Å². The molecule has 4 nitrogen and oxygen atoms in total. The molecule has 1 heterocycles. The molecule has 1 aliphatic carbocycles. The van der Waals surface area contributed by atoms with Crippen molar-refractivity contribution in [3.8, 4) is 22.3 Å². The Morgan fingerprint density at radius 1 is 1.06 bits per heavy atom. The van der Waals surface area contributed by atoms with Gasteiger partial charge < -0.3 is 5.32 Å². The molecule has 0 aliphatic heterocycles. The average Bonchev–Trinajstić information content (AvgIpc) is 3.60. The van der Waals surface area contributed by atoms with Crippen molar-refractivity contribution >= 4 is 17.5 Å². The monoisotopic (exact) mass is 433 g/mol. The quantitative estimate of drug-likeness (QED) is 0.482. The number of halogens is 1. The van der Waals surface area contributed by atoms with Crippen LogP contribution >= 0.6 is 11.6 Å². The first-order chi connectivity index (χ1) is 14.7. The number of amides is 1. The summed E-state index contributed by atoms with van der Waals surface area (Å²) in [5.41, 5.74) is 5.23. The van der Waals surface area contributed by atoms with E-state index in [9.17, 15) is 4.79 Å². The van der Waals surface area contributed by atoms with Gasteiger partial charge in [0.15, 0.2) is 0 Å². The summed E-state index contributed by atoms with van der Waals surface area (Å²) in [6.45, 7) is 8.43. The van der Waals surface area contributed by atoms with Crippen molar-refractivity contribution in [3.63, 3.8) is 0 Å². The van der Waals surface area contributed by atoms with Crippen LogP contribution in [0.15, 0.2) is 55.0 Å². The average molecular weight is 434 g/mol. The molecule has 1 amide bonds. The lowest BCUT2D eigenvalue weighted by Gasteiger charge is -2.26. The van der Waals surface area contributed by atoms with E-state index in [1.165, 1.54) is 12.8 Å². The Balaban J connectivity index is 1.81. The molecule has 1 N–H and O–H groups in total. The Hall–Kier alpha value is -2.72. The van der Waals surface area contributed by atoms with E-state index in [4.69, 9.17) is 11.6 Å². The van der Waals surface area contributed by atoms with E-state index in [1.807, 2.05) is 42.6 Å². The van der Waals surface area contributed by atoms with Crippen molar-refractivity contribution in [1.82, 2.24) is 15.3 Å². The second-order valence-electron chi connectivity index (χ2n) is 9.23. The maximum atomic E-state index is 13.3. The van der Waals surface area contributed by atoms with Crippen molar-refractivity contribution in [2.45, 2.75) is 52.0 Å². The number of rotatable bonds is 6. The van der Waals surface area contributed by atoms with Crippen molar-refractivity contribution < 1.29 is 4.79 Å². The van der Waals surface area contributed by atoms with E-state index in [0.29, 0.717) is 16.5 Å². The third kappa shape index (κ3) is 4.80. The third-order valence-corrected chi connectivity index (χ3v) is 6.26. The smallest absolute Gasteiger partial charge is 0.251 e. The molecule has 0 saturated heterocycles. The zero-order chi connectivity index (χ0) is 22.2. The van der Waals surface area contributed by atoms with Gasteiger partial charge in [0.2, 0.25) is 0 Å². The molecule has 160 valence electrons. The molecule has 5 heteroatoms.